The van der Waals surface area contributed by atoms with Crippen LogP contribution < -0.4 is 15.4 Å². The van der Waals surface area contributed by atoms with Gasteiger partial charge in [-0.3, -0.25) is 14.6 Å². The molecular weight excluding hydrogens is 410 g/mol. The Morgan fingerprint density at radius 2 is 1.66 bits per heavy atom. The average Bonchev–Trinajstić information content (AvgIpc) is 3.28. The van der Waals surface area contributed by atoms with E-state index in [1.54, 1.807) is 67.0 Å². The molecule has 0 saturated carbocycles. The van der Waals surface area contributed by atoms with Gasteiger partial charge in [-0.05, 0) is 41.6 Å². The van der Waals surface area contributed by atoms with Crippen molar-refractivity contribution in [3.8, 4) is 17.1 Å². The summed E-state index contributed by atoms with van der Waals surface area (Å²) >= 11 is 0. The number of hydrogen-bond acceptors (Lipinski definition) is 7. The molecule has 0 bridgehead atoms. The van der Waals surface area contributed by atoms with E-state index in [2.05, 4.69) is 31.0 Å². The van der Waals surface area contributed by atoms with Gasteiger partial charge in [0.05, 0.1) is 18.5 Å². The van der Waals surface area contributed by atoms with Crippen LogP contribution in [0.25, 0.3) is 11.4 Å². The topological polar surface area (TPSA) is 124 Å². The first kappa shape index (κ1) is 20.7. The predicted octanol–water partition coefficient (Wildman–Crippen LogP) is 2.63. The maximum Gasteiger partial charge on any atom is 0.255 e. The highest BCUT2D eigenvalue weighted by Gasteiger charge is 2.15. The molecule has 0 spiro atoms. The largest absolute Gasteiger partial charge is 0.495 e. The van der Waals surface area contributed by atoms with Gasteiger partial charge in [-0.1, -0.05) is 24.3 Å². The number of nitrogens with zero attached hydrogens (tertiary/aromatic N) is 5. The number of ether oxygens (including phenoxy) is 1. The molecule has 160 valence electrons. The Hall–Kier alpha value is -4.60. The standard InChI is InChI=1S/C22H19N7O3/c1-32-19-9-5-4-8-18(19)24-20(30)14-29-27-21(26-28-29)16-6-2-3-7-17(16)25-22(31)15-10-12-23-13-11-15/h2-13H,14H2,1H3,(H,24,30)(H,25,31). The molecule has 0 fully saturated rings. The van der Waals surface area contributed by atoms with Crippen LogP contribution in [-0.2, 0) is 11.3 Å². The summed E-state index contributed by atoms with van der Waals surface area (Å²) in [7, 11) is 1.53. The number of amides is 2. The zero-order chi connectivity index (χ0) is 22.3. The van der Waals surface area contributed by atoms with Crippen LogP contribution >= 0.6 is 0 Å². The van der Waals surface area contributed by atoms with Crippen molar-refractivity contribution in [3.05, 3.63) is 78.6 Å². The fourth-order valence-electron chi connectivity index (χ4n) is 2.97. The number of rotatable bonds is 7. The summed E-state index contributed by atoms with van der Waals surface area (Å²) in [4.78, 5) is 30.0. The van der Waals surface area contributed by atoms with Crippen molar-refractivity contribution in [1.82, 2.24) is 25.2 Å². The Morgan fingerprint density at radius 1 is 0.938 bits per heavy atom. The number of para-hydroxylation sites is 3. The van der Waals surface area contributed by atoms with Gasteiger partial charge >= 0.3 is 0 Å². The monoisotopic (exact) mass is 429 g/mol. The molecule has 10 heteroatoms. The normalized spacial score (nSPS) is 10.4. The molecule has 0 aliphatic rings. The van der Waals surface area contributed by atoms with Gasteiger partial charge in [-0.2, -0.15) is 4.80 Å². The van der Waals surface area contributed by atoms with Gasteiger partial charge in [-0.25, -0.2) is 0 Å². The van der Waals surface area contributed by atoms with Crippen LogP contribution in [0.1, 0.15) is 10.4 Å². The summed E-state index contributed by atoms with van der Waals surface area (Å²) in [6.07, 6.45) is 3.09. The molecule has 4 aromatic rings. The summed E-state index contributed by atoms with van der Waals surface area (Å²) in [6, 6.07) is 17.4. The highest BCUT2D eigenvalue weighted by atomic mass is 16.5. The molecule has 2 heterocycles. The third kappa shape index (κ3) is 4.75. The van der Waals surface area contributed by atoms with Crippen LogP contribution in [-0.4, -0.2) is 44.1 Å². The lowest BCUT2D eigenvalue weighted by Crippen LogP contribution is -2.20. The van der Waals surface area contributed by atoms with Crippen LogP contribution in [0, 0.1) is 0 Å². The van der Waals surface area contributed by atoms with Crippen molar-refractivity contribution in [2.45, 2.75) is 6.54 Å². The second kappa shape index (κ2) is 9.47. The van der Waals surface area contributed by atoms with Crippen molar-refractivity contribution >= 4 is 23.2 Å². The molecular formula is C22H19N7O3. The van der Waals surface area contributed by atoms with Crippen molar-refractivity contribution < 1.29 is 14.3 Å². The SMILES string of the molecule is COc1ccccc1NC(=O)Cn1nnc(-c2ccccc2NC(=O)c2ccncc2)n1. The zero-order valence-corrected chi connectivity index (χ0v) is 17.1. The first-order valence-electron chi connectivity index (χ1n) is 9.65. The number of tetrazole rings is 1. The number of benzene rings is 2. The van der Waals surface area contributed by atoms with Crippen LogP contribution in [0.2, 0.25) is 0 Å². The van der Waals surface area contributed by atoms with Gasteiger partial charge in [0.2, 0.25) is 11.7 Å². The first-order valence-corrected chi connectivity index (χ1v) is 9.65. The lowest BCUT2D eigenvalue weighted by Gasteiger charge is -2.09. The van der Waals surface area contributed by atoms with E-state index in [9.17, 15) is 9.59 Å². The number of aromatic nitrogens is 5. The van der Waals surface area contributed by atoms with E-state index in [1.807, 2.05) is 6.07 Å². The minimum atomic E-state index is -0.335. The second-order valence-corrected chi connectivity index (χ2v) is 6.63. The molecule has 2 aromatic heterocycles. The van der Waals surface area contributed by atoms with E-state index in [0.29, 0.717) is 28.3 Å². The maximum atomic E-state index is 12.5. The number of pyridine rings is 1. The minimum Gasteiger partial charge on any atom is -0.495 e. The summed E-state index contributed by atoms with van der Waals surface area (Å²) in [5.74, 6) is 0.203. The number of hydrogen-bond donors (Lipinski definition) is 2. The van der Waals surface area contributed by atoms with E-state index >= 15 is 0 Å². The summed E-state index contributed by atoms with van der Waals surface area (Å²) < 4.78 is 5.23. The van der Waals surface area contributed by atoms with Crippen LogP contribution in [0.15, 0.2) is 73.1 Å². The van der Waals surface area contributed by atoms with Gasteiger partial charge in [0.25, 0.3) is 5.91 Å². The number of nitrogens with one attached hydrogen (secondary N) is 2. The molecule has 2 amide bonds. The first-order chi connectivity index (χ1) is 15.6. The van der Waals surface area contributed by atoms with E-state index in [1.165, 1.54) is 11.9 Å². The van der Waals surface area contributed by atoms with Gasteiger partial charge in [0, 0.05) is 23.5 Å². The fourth-order valence-corrected chi connectivity index (χ4v) is 2.97. The molecule has 4 rings (SSSR count). The third-order valence-corrected chi connectivity index (χ3v) is 4.48. The molecule has 0 unspecified atom stereocenters. The second-order valence-electron chi connectivity index (χ2n) is 6.63. The number of carbonyl (C=O) groups excluding carboxylic acids is 2. The minimum absolute atomic E-state index is 0.142. The van der Waals surface area contributed by atoms with E-state index in [0.717, 1.165) is 0 Å². The highest BCUT2D eigenvalue weighted by Crippen LogP contribution is 2.25. The lowest BCUT2D eigenvalue weighted by molar-refractivity contribution is -0.117. The van der Waals surface area contributed by atoms with Crippen molar-refractivity contribution in [3.63, 3.8) is 0 Å². The van der Waals surface area contributed by atoms with Gasteiger partial charge < -0.3 is 15.4 Å². The fraction of sp³-hybridized carbons (Fsp3) is 0.0909. The van der Waals surface area contributed by atoms with Crippen LogP contribution in [0.4, 0.5) is 11.4 Å². The quantitative estimate of drug-likeness (QED) is 0.463. The Kier molecular flexibility index (Phi) is 6.12. The van der Waals surface area contributed by atoms with Gasteiger partial charge in [0.15, 0.2) is 0 Å². The number of methoxy groups -OCH3 is 1. The predicted molar refractivity (Wildman–Crippen MR) is 117 cm³/mol. The molecule has 10 nitrogen and oxygen atoms in total. The highest BCUT2D eigenvalue weighted by molar-refractivity contribution is 6.05. The van der Waals surface area contributed by atoms with E-state index in [4.69, 9.17) is 4.74 Å². The Balaban J connectivity index is 1.48. The van der Waals surface area contributed by atoms with E-state index in [-0.39, 0.29) is 24.2 Å². The smallest absolute Gasteiger partial charge is 0.255 e. The third-order valence-electron chi connectivity index (χ3n) is 4.48. The Morgan fingerprint density at radius 3 is 2.44 bits per heavy atom. The molecule has 2 aromatic carbocycles. The van der Waals surface area contributed by atoms with Crippen LogP contribution in [0.3, 0.4) is 0 Å². The Bertz CT molecular complexity index is 1240. The molecule has 0 radical (unpaired) electrons. The Labute approximate surface area is 183 Å². The maximum absolute atomic E-state index is 12.5. The van der Waals surface area contributed by atoms with Crippen molar-refractivity contribution in [2.75, 3.05) is 17.7 Å². The molecule has 0 atom stereocenters. The average molecular weight is 429 g/mol. The summed E-state index contributed by atoms with van der Waals surface area (Å²) in [6.45, 7) is -0.142. The molecule has 0 aliphatic carbocycles. The van der Waals surface area contributed by atoms with Gasteiger partial charge in [0.1, 0.15) is 12.3 Å². The molecule has 32 heavy (non-hydrogen) atoms. The number of anilines is 2. The van der Waals surface area contributed by atoms with Crippen molar-refractivity contribution in [2.24, 2.45) is 0 Å². The molecule has 0 saturated heterocycles. The van der Waals surface area contributed by atoms with Crippen molar-refractivity contribution in [1.29, 1.82) is 0 Å². The van der Waals surface area contributed by atoms with Gasteiger partial charge in [-0.15, -0.1) is 10.2 Å². The van der Waals surface area contributed by atoms with E-state index < -0.39 is 0 Å². The lowest BCUT2D eigenvalue weighted by atomic mass is 10.1. The summed E-state index contributed by atoms with van der Waals surface area (Å²) in [5, 5.41) is 17.9. The molecule has 0 aliphatic heterocycles. The van der Waals surface area contributed by atoms with Crippen LogP contribution in [0.5, 0.6) is 5.75 Å². The molecule has 2 N–H and O–H groups in total. The number of carbonyl (C=O) groups is 2. The zero-order valence-electron chi connectivity index (χ0n) is 17.1. The summed E-state index contributed by atoms with van der Waals surface area (Å²) in [5.41, 5.74) is 2.11.